The minimum absolute atomic E-state index is 1.10. The van der Waals surface area contributed by atoms with Gasteiger partial charge in [-0.2, -0.15) is 0 Å². The number of halogens is 1. The first-order valence-corrected chi connectivity index (χ1v) is 6.57. The number of thioether (sulfide) groups is 1. The summed E-state index contributed by atoms with van der Waals surface area (Å²) < 4.78 is 1.33. The summed E-state index contributed by atoms with van der Waals surface area (Å²) in [6.07, 6.45) is 5.45. The van der Waals surface area contributed by atoms with Gasteiger partial charge in [0, 0.05) is 2.91 Å². The van der Waals surface area contributed by atoms with Crippen LogP contribution >= 0.6 is 34.4 Å². The normalized spacial score (nSPS) is 11.8. The fourth-order valence-electron chi connectivity index (χ4n) is 1.18. The second-order valence-electron chi connectivity index (χ2n) is 2.70. The lowest BCUT2D eigenvalue weighted by molar-refractivity contribution is 1.13. The molecule has 0 saturated carbocycles. The molecule has 0 spiro atoms. The monoisotopic (exact) mass is 304 g/mol. The van der Waals surface area contributed by atoms with Crippen LogP contribution in [0.25, 0.3) is 6.08 Å². The molecular weight excluding hydrogens is 291 g/mol. The van der Waals surface area contributed by atoms with E-state index in [1.54, 1.807) is 11.8 Å². The summed E-state index contributed by atoms with van der Waals surface area (Å²) in [5.41, 5.74) is 2.77. The highest BCUT2D eigenvalue weighted by Gasteiger charge is 1.96. The van der Waals surface area contributed by atoms with Crippen LogP contribution < -0.4 is 0 Å². The lowest BCUT2D eigenvalue weighted by Crippen LogP contribution is -1.84. The van der Waals surface area contributed by atoms with Gasteiger partial charge in [-0.1, -0.05) is 31.2 Å². The quantitative estimate of drug-likeness (QED) is 0.748. The van der Waals surface area contributed by atoms with Crippen molar-refractivity contribution >= 4 is 40.4 Å². The molecule has 0 aromatic heterocycles. The van der Waals surface area contributed by atoms with Gasteiger partial charge in [-0.3, -0.25) is 0 Å². The third-order valence-electron chi connectivity index (χ3n) is 1.90. The van der Waals surface area contributed by atoms with Crippen LogP contribution in [0.15, 0.2) is 27.2 Å². The number of rotatable bonds is 3. The van der Waals surface area contributed by atoms with E-state index in [1.807, 2.05) is 0 Å². The van der Waals surface area contributed by atoms with E-state index in [0.717, 1.165) is 6.42 Å². The van der Waals surface area contributed by atoms with E-state index < -0.39 is 0 Å². The van der Waals surface area contributed by atoms with E-state index >= 15 is 0 Å². The van der Waals surface area contributed by atoms with E-state index in [-0.39, 0.29) is 0 Å². The van der Waals surface area contributed by atoms with Crippen LogP contribution in [-0.4, -0.2) is 6.26 Å². The maximum atomic E-state index is 2.37. The van der Waals surface area contributed by atoms with Crippen LogP contribution in [-0.2, 0) is 6.42 Å². The van der Waals surface area contributed by atoms with Crippen molar-refractivity contribution < 1.29 is 0 Å². The Morgan fingerprint density at radius 1 is 1.46 bits per heavy atom. The Morgan fingerprint density at radius 2 is 2.15 bits per heavy atom. The van der Waals surface area contributed by atoms with Crippen molar-refractivity contribution in [3.63, 3.8) is 0 Å². The summed E-state index contributed by atoms with van der Waals surface area (Å²) in [4.78, 5) is 0. The molecule has 0 amide bonds. The zero-order chi connectivity index (χ0) is 9.68. The van der Waals surface area contributed by atoms with Crippen molar-refractivity contribution in [3.8, 4) is 0 Å². The van der Waals surface area contributed by atoms with Crippen molar-refractivity contribution in [2.75, 3.05) is 6.26 Å². The molecule has 0 saturated heterocycles. The second-order valence-corrected chi connectivity index (χ2v) is 5.45. The van der Waals surface area contributed by atoms with Gasteiger partial charge in [0.2, 0.25) is 0 Å². The SMILES string of the molecule is CCc1ccccc1C=C(I)SC. The van der Waals surface area contributed by atoms with Crippen LogP contribution in [0.1, 0.15) is 18.1 Å². The number of hydrogen-bond donors (Lipinski definition) is 0. The Morgan fingerprint density at radius 3 is 2.77 bits per heavy atom. The molecule has 0 aliphatic rings. The summed E-state index contributed by atoms with van der Waals surface area (Å²) in [7, 11) is 0. The van der Waals surface area contributed by atoms with Crippen LogP contribution in [0.4, 0.5) is 0 Å². The molecule has 0 radical (unpaired) electrons. The summed E-state index contributed by atoms with van der Waals surface area (Å²) in [6.45, 7) is 2.19. The maximum absolute atomic E-state index is 2.37. The van der Waals surface area contributed by atoms with Crippen molar-refractivity contribution in [1.29, 1.82) is 0 Å². The van der Waals surface area contributed by atoms with Gasteiger partial charge in [-0.05, 0) is 52.5 Å². The number of hydrogen-bond acceptors (Lipinski definition) is 1. The van der Waals surface area contributed by atoms with Crippen molar-refractivity contribution in [2.45, 2.75) is 13.3 Å². The van der Waals surface area contributed by atoms with Crippen molar-refractivity contribution in [3.05, 3.63) is 38.3 Å². The van der Waals surface area contributed by atoms with Gasteiger partial charge in [0.1, 0.15) is 0 Å². The van der Waals surface area contributed by atoms with Crippen molar-refractivity contribution in [1.82, 2.24) is 0 Å². The molecule has 0 bridgehead atoms. The maximum Gasteiger partial charge on any atom is 0.0460 e. The smallest absolute Gasteiger partial charge is 0.0460 e. The Labute approximate surface area is 98.0 Å². The van der Waals surface area contributed by atoms with Gasteiger partial charge >= 0.3 is 0 Å². The Hall–Kier alpha value is 0.0400. The molecule has 0 heterocycles. The standard InChI is InChI=1S/C11H13IS/c1-3-9-6-4-5-7-10(9)8-11(12)13-2/h4-8H,3H2,1-2H3. The van der Waals surface area contributed by atoms with Gasteiger partial charge in [0.15, 0.2) is 0 Å². The van der Waals surface area contributed by atoms with E-state index in [4.69, 9.17) is 0 Å². The lowest BCUT2D eigenvalue weighted by atomic mass is 10.1. The molecule has 1 aromatic carbocycles. The third kappa shape index (κ3) is 3.35. The Balaban J connectivity index is 2.99. The van der Waals surface area contributed by atoms with Crippen molar-refractivity contribution in [2.24, 2.45) is 0 Å². The Bertz CT molecular complexity index is 305. The van der Waals surface area contributed by atoms with E-state index in [2.05, 4.69) is 66.1 Å². The fourth-order valence-corrected chi connectivity index (χ4v) is 1.76. The van der Waals surface area contributed by atoms with Gasteiger partial charge in [0.05, 0.1) is 0 Å². The molecule has 0 nitrogen and oxygen atoms in total. The van der Waals surface area contributed by atoms with Crippen LogP contribution in [0.5, 0.6) is 0 Å². The highest BCUT2D eigenvalue weighted by atomic mass is 127. The largest absolute Gasteiger partial charge is 0.123 e. The molecule has 2 heteroatoms. The predicted molar refractivity (Wildman–Crippen MR) is 71.3 cm³/mol. The highest BCUT2D eigenvalue weighted by molar-refractivity contribution is 14.1. The molecular formula is C11H13IS. The summed E-state index contributed by atoms with van der Waals surface area (Å²) in [6, 6.07) is 8.56. The zero-order valence-electron chi connectivity index (χ0n) is 7.88. The van der Waals surface area contributed by atoms with Gasteiger partial charge in [-0.15, -0.1) is 11.8 Å². The minimum Gasteiger partial charge on any atom is -0.123 e. The minimum atomic E-state index is 1.10. The molecule has 0 atom stereocenters. The number of aryl methyl sites for hydroxylation is 1. The summed E-state index contributed by atoms with van der Waals surface area (Å²) in [5, 5.41) is 0. The molecule has 0 unspecified atom stereocenters. The summed E-state index contributed by atoms with van der Waals surface area (Å²) >= 11 is 4.15. The van der Waals surface area contributed by atoms with Gasteiger partial charge < -0.3 is 0 Å². The first kappa shape index (κ1) is 11.1. The van der Waals surface area contributed by atoms with Crippen LogP contribution in [0.2, 0.25) is 0 Å². The first-order valence-electron chi connectivity index (χ1n) is 4.27. The number of benzene rings is 1. The predicted octanol–water partition coefficient (Wildman–Crippen LogP) is 4.35. The van der Waals surface area contributed by atoms with E-state index in [1.165, 1.54) is 14.0 Å². The van der Waals surface area contributed by atoms with Crippen LogP contribution in [0.3, 0.4) is 0 Å². The van der Waals surface area contributed by atoms with Gasteiger partial charge in [-0.25, -0.2) is 0 Å². The Kier molecular flexibility index (Phi) is 4.88. The fraction of sp³-hybridized carbons (Fsp3) is 0.273. The molecule has 70 valence electrons. The molecule has 0 aliphatic carbocycles. The first-order chi connectivity index (χ1) is 6.27. The average Bonchev–Trinajstić information content (AvgIpc) is 2.18. The topological polar surface area (TPSA) is 0 Å². The molecule has 0 N–H and O–H groups in total. The van der Waals surface area contributed by atoms with Gasteiger partial charge in [0.25, 0.3) is 0 Å². The average molecular weight is 304 g/mol. The molecule has 1 aromatic rings. The highest BCUT2D eigenvalue weighted by Crippen LogP contribution is 2.24. The lowest BCUT2D eigenvalue weighted by Gasteiger charge is -2.02. The summed E-state index contributed by atoms with van der Waals surface area (Å²) in [5.74, 6) is 0. The molecule has 0 fully saturated rings. The molecule has 0 aliphatic heterocycles. The van der Waals surface area contributed by atoms with Crippen LogP contribution in [0, 0.1) is 0 Å². The van der Waals surface area contributed by atoms with E-state index in [9.17, 15) is 0 Å². The zero-order valence-corrected chi connectivity index (χ0v) is 10.9. The molecule has 13 heavy (non-hydrogen) atoms. The molecule has 1 rings (SSSR count). The van der Waals surface area contributed by atoms with E-state index in [0.29, 0.717) is 0 Å². The third-order valence-corrected chi connectivity index (χ3v) is 4.04. The second kappa shape index (κ2) is 5.70.